The monoisotopic (exact) mass is 160 g/mol. The van der Waals surface area contributed by atoms with Crippen molar-refractivity contribution in [2.24, 2.45) is 0 Å². The van der Waals surface area contributed by atoms with Crippen LogP contribution in [0.25, 0.3) is 22.5 Å². The summed E-state index contributed by atoms with van der Waals surface area (Å²) in [6, 6.07) is 7.57. The lowest BCUT2D eigenvalue weighted by molar-refractivity contribution is 0.0515. The molecule has 3 rings (SSSR count). The number of benzene rings is 1. The van der Waals surface area contributed by atoms with E-state index in [1.54, 1.807) is 0 Å². The van der Waals surface area contributed by atoms with Crippen LogP contribution in [-0.2, 0) is 0 Å². The molecule has 0 amide bonds. The number of nitrogens with zero attached hydrogens (tertiary/aromatic N) is 2. The Kier molecular flexibility index (Phi) is 0.889. The molecule has 0 atom stereocenters. The molecule has 0 radical (unpaired) electrons. The van der Waals surface area contributed by atoms with Crippen molar-refractivity contribution >= 4 is 22.5 Å². The van der Waals surface area contributed by atoms with Gasteiger partial charge in [-0.3, -0.25) is 9.15 Å². The number of hydrogen-bond donors (Lipinski definition) is 0. The predicted octanol–water partition coefficient (Wildman–Crippen LogP) is 1.97. The van der Waals surface area contributed by atoms with Crippen LogP contribution in [0.4, 0.5) is 0 Å². The fourth-order valence-corrected chi connectivity index (χ4v) is 1.12. The number of fused-ring (bicyclic) bond motifs is 2. The molecule has 2 heterocycles. The van der Waals surface area contributed by atoms with Gasteiger partial charge in [-0.25, -0.2) is 9.97 Å². The van der Waals surface area contributed by atoms with Crippen molar-refractivity contribution in [2.45, 2.75) is 0 Å². The second-order valence-electron chi connectivity index (χ2n) is 2.49. The lowest BCUT2D eigenvalue weighted by Gasteiger charge is -1.97. The molecule has 0 fully saturated rings. The Bertz CT molecular complexity index is 488. The van der Waals surface area contributed by atoms with Gasteiger partial charge in [0.25, 0.3) is 0 Å². The van der Waals surface area contributed by atoms with Gasteiger partial charge in [0.1, 0.15) is 0 Å². The highest BCUT2D eigenvalue weighted by Gasteiger charge is 2.08. The van der Waals surface area contributed by atoms with E-state index in [4.69, 9.17) is 0 Å². The number of aromatic nitrogens is 2. The van der Waals surface area contributed by atoms with Gasteiger partial charge >= 0.3 is 11.4 Å². The highest BCUT2D eigenvalue weighted by molar-refractivity contribution is 5.80. The molecule has 4 nitrogen and oxygen atoms in total. The van der Waals surface area contributed by atoms with Crippen molar-refractivity contribution in [3.63, 3.8) is 0 Å². The number of para-hydroxylation sites is 2. The first kappa shape index (κ1) is 5.77. The van der Waals surface area contributed by atoms with Crippen LogP contribution in [0.3, 0.4) is 0 Å². The molecule has 3 aromatic rings. The van der Waals surface area contributed by atoms with E-state index in [9.17, 15) is 0 Å². The zero-order chi connectivity index (χ0) is 7.97. The molecular weight excluding hydrogens is 156 g/mol. The average Bonchev–Trinajstić information content (AvgIpc) is 2.09. The van der Waals surface area contributed by atoms with Gasteiger partial charge in [-0.2, -0.15) is 0 Å². The van der Waals surface area contributed by atoms with Gasteiger partial charge in [0, 0.05) is 0 Å². The van der Waals surface area contributed by atoms with Crippen LogP contribution < -0.4 is 0 Å². The van der Waals surface area contributed by atoms with Crippen molar-refractivity contribution in [1.29, 1.82) is 0 Å². The third kappa shape index (κ3) is 0.611. The molecule has 0 spiro atoms. The molecule has 0 N–H and O–H groups in total. The fraction of sp³-hybridized carbons (Fsp3) is 0. The van der Waals surface area contributed by atoms with Gasteiger partial charge in [-0.1, -0.05) is 12.1 Å². The van der Waals surface area contributed by atoms with E-state index in [-0.39, 0.29) is 0 Å². The number of rotatable bonds is 0. The van der Waals surface area contributed by atoms with E-state index in [0.29, 0.717) is 11.4 Å². The Hall–Kier alpha value is -1.84. The lowest BCUT2D eigenvalue weighted by Crippen LogP contribution is -1.88. The van der Waals surface area contributed by atoms with Crippen molar-refractivity contribution in [2.75, 3.05) is 0 Å². The highest BCUT2D eigenvalue weighted by Crippen LogP contribution is 2.17. The van der Waals surface area contributed by atoms with Gasteiger partial charge in [0.2, 0.25) is 0 Å². The van der Waals surface area contributed by atoms with Gasteiger partial charge in [-0.05, 0) is 12.1 Å². The Morgan fingerprint density at radius 3 is 1.75 bits per heavy atom. The third-order valence-electron chi connectivity index (χ3n) is 1.71. The maximum absolute atomic E-state index is 4.61. The zero-order valence-corrected chi connectivity index (χ0v) is 6.02. The maximum atomic E-state index is 4.61. The molecule has 0 aliphatic heterocycles. The standard InChI is InChI=1S/C8H4N2O2/c1-2-4-6-5(3-1)9-7-8(10-6)12-11-7/h1-4H. The summed E-state index contributed by atoms with van der Waals surface area (Å²) in [5.41, 5.74) is 2.57. The van der Waals surface area contributed by atoms with Gasteiger partial charge in [-0.15, -0.1) is 0 Å². The molecule has 0 aliphatic rings. The molecule has 0 saturated heterocycles. The van der Waals surface area contributed by atoms with E-state index < -0.39 is 0 Å². The first-order valence-corrected chi connectivity index (χ1v) is 3.55. The quantitative estimate of drug-likeness (QED) is 0.472. The van der Waals surface area contributed by atoms with Gasteiger partial charge in [0.05, 0.1) is 11.0 Å². The smallest absolute Gasteiger partial charge is 0.261 e. The lowest BCUT2D eigenvalue weighted by atomic mass is 10.3. The summed E-state index contributed by atoms with van der Waals surface area (Å²) in [6.07, 6.45) is 0. The minimum atomic E-state index is 0.466. The summed E-state index contributed by atoms with van der Waals surface area (Å²) < 4.78 is 9.22. The Labute approximate surface area is 66.7 Å². The largest absolute Gasteiger partial charge is 0.338 e. The fourth-order valence-electron chi connectivity index (χ4n) is 1.12. The van der Waals surface area contributed by atoms with E-state index in [1.165, 1.54) is 0 Å². The average molecular weight is 160 g/mol. The van der Waals surface area contributed by atoms with E-state index >= 15 is 0 Å². The van der Waals surface area contributed by atoms with E-state index in [0.717, 1.165) is 11.0 Å². The molecule has 2 aromatic heterocycles. The minimum absolute atomic E-state index is 0.466. The van der Waals surface area contributed by atoms with Crippen LogP contribution in [0, 0.1) is 0 Å². The van der Waals surface area contributed by atoms with Crippen molar-refractivity contribution in [3.8, 4) is 0 Å². The maximum Gasteiger partial charge on any atom is 0.338 e. The Balaban J connectivity index is 2.55. The van der Waals surface area contributed by atoms with Crippen LogP contribution in [0.1, 0.15) is 0 Å². The molecular formula is C8H4N2O2. The molecule has 0 bridgehead atoms. The van der Waals surface area contributed by atoms with Crippen molar-refractivity contribution < 1.29 is 9.15 Å². The predicted molar refractivity (Wildman–Crippen MR) is 41.6 cm³/mol. The molecule has 0 unspecified atom stereocenters. The highest BCUT2D eigenvalue weighted by atomic mass is 17.0. The molecule has 1 aromatic carbocycles. The van der Waals surface area contributed by atoms with Crippen LogP contribution >= 0.6 is 0 Å². The van der Waals surface area contributed by atoms with Gasteiger partial charge in [0.15, 0.2) is 0 Å². The summed E-state index contributed by atoms with van der Waals surface area (Å²) in [5, 5.41) is 0. The Morgan fingerprint density at radius 2 is 1.33 bits per heavy atom. The second kappa shape index (κ2) is 1.85. The first-order valence-electron chi connectivity index (χ1n) is 3.55. The minimum Gasteiger partial charge on any atom is -0.261 e. The van der Waals surface area contributed by atoms with Crippen molar-refractivity contribution in [3.05, 3.63) is 24.3 Å². The first-order chi connectivity index (χ1) is 5.93. The molecule has 0 aliphatic carbocycles. The Morgan fingerprint density at radius 1 is 0.833 bits per heavy atom. The summed E-state index contributed by atoms with van der Waals surface area (Å²) in [4.78, 5) is 8.30. The van der Waals surface area contributed by atoms with E-state index in [1.807, 2.05) is 24.3 Å². The normalized spacial score (nSPS) is 11.3. The van der Waals surface area contributed by atoms with E-state index in [2.05, 4.69) is 19.1 Å². The van der Waals surface area contributed by atoms with Crippen LogP contribution in [0.15, 0.2) is 33.4 Å². The summed E-state index contributed by atoms with van der Waals surface area (Å²) in [5.74, 6) is 0. The molecule has 0 saturated carbocycles. The summed E-state index contributed by atoms with van der Waals surface area (Å²) in [6.45, 7) is 0. The molecule has 58 valence electrons. The zero-order valence-electron chi connectivity index (χ0n) is 6.02. The third-order valence-corrected chi connectivity index (χ3v) is 1.71. The molecule has 12 heavy (non-hydrogen) atoms. The van der Waals surface area contributed by atoms with Crippen LogP contribution in [0.5, 0.6) is 0 Å². The summed E-state index contributed by atoms with van der Waals surface area (Å²) in [7, 11) is 0. The van der Waals surface area contributed by atoms with Crippen LogP contribution in [-0.4, -0.2) is 9.97 Å². The van der Waals surface area contributed by atoms with Gasteiger partial charge < -0.3 is 0 Å². The summed E-state index contributed by atoms with van der Waals surface area (Å²) >= 11 is 0. The van der Waals surface area contributed by atoms with Crippen LogP contribution in [0.2, 0.25) is 0 Å². The molecule has 4 heteroatoms. The number of hydrogen-bond acceptors (Lipinski definition) is 4. The topological polar surface area (TPSA) is 52.1 Å². The second-order valence-corrected chi connectivity index (χ2v) is 2.49. The van der Waals surface area contributed by atoms with Crippen molar-refractivity contribution in [1.82, 2.24) is 9.97 Å². The SMILES string of the molecule is c1ccc2nc3ooc3nc2c1.